The number of rotatable bonds is 8. The average Bonchev–Trinajstić information content (AvgIpc) is 3.29. The van der Waals surface area contributed by atoms with Gasteiger partial charge in [-0.2, -0.15) is 0 Å². The highest BCUT2D eigenvalue weighted by molar-refractivity contribution is 7.90. The van der Waals surface area contributed by atoms with Crippen LogP contribution in [0.15, 0.2) is 47.6 Å². The fraction of sp³-hybridized carbons (Fsp3) is 0.778. The van der Waals surface area contributed by atoms with Crippen molar-refractivity contribution in [3.05, 3.63) is 47.6 Å². The molecule has 0 aromatic rings. The quantitative estimate of drug-likeness (QED) is 0.112. The number of piperidine rings is 1. The van der Waals surface area contributed by atoms with Crippen LogP contribution < -0.4 is 4.72 Å². The van der Waals surface area contributed by atoms with E-state index >= 15 is 0 Å². The van der Waals surface area contributed by atoms with Gasteiger partial charge in [0.1, 0.15) is 24.4 Å². The molecule has 5 aliphatic rings. The normalized spacial score (nSPS) is 39.8. The van der Waals surface area contributed by atoms with E-state index in [-0.39, 0.29) is 54.9 Å². The minimum absolute atomic E-state index is 0.00598. The summed E-state index contributed by atoms with van der Waals surface area (Å²) in [5.74, 6) is -6.79. The molecule has 396 valence electrons. The molecule has 4 fully saturated rings. The second kappa shape index (κ2) is 26.2. The van der Waals surface area contributed by atoms with E-state index in [1.807, 2.05) is 58.9 Å². The van der Waals surface area contributed by atoms with Gasteiger partial charge in [-0.3, -0.25) is 14.4 Å². The molecule has 16 heteroatoms. The van der Waals surface area contributed by atoms with Gasteiger partial charge in [-0.05, 0) is 139 Å². The Labute approximate surface area is 418 Å². The minimum Gasteiger partial charge on any atom is -0.461 e. The number of allylic oxidation sites excluding steroid dienone is 6. The maximum absolute atomic E-state index is 14.5. The number of sulfonamides is 1. The molecule has 4 N–H and O–H groups in total. The number of ether oxygens (including phenoxy) is 4. The smallest absolute Gasteiger partial charge is 0.329 e. The van der Waals surface area contributed by atoms with Crippen LogP contribution in [-0.4, -0.2) is 133 Å². The Bertz CT molecular complexity index is 2020. The number of fused-ring (bicyclic) bond motifs is 3. The molecule has 2 aliphatic carbocycles. The highest BCUT2D eigenvalue weighted by Gasteiger charge is 2.53. The number of nitrogens with zero attached hydrogens (tertiary/aromatic N) is 1. The lowest BCUT2D eigenvalue weighted by Gasteiger charge is -2.43. The predicted molar refractivity (Wildman–Crippen MR) is 267 cm³/mol. The second-order valence-electron chi connectivity index (χ2n) is 21.7. The van der Waals surface area contributed by atoms with Crippen LogP contribution in [0.1, 0.15) is 151 Å². The molecule has 0 unspecified atom stereocenters. The summed E-state index contributed by atoms with van der Waals surface area (Å²) in [5.41, 5.74) is 1.26. The average molecular weight is 1000 g/mol. The largest absolute Gasteiger partial charge is 0.461 e. The van der Waals surface area contributed by atoms with E-state index in [0.717, 1.165) is 12.8 Å². The minimum atomic E-state index is -3.72. The zero-order valence-electron chi connectivity index (χ0n) is 43.4. The van der Waals surface area contributed by atoms with Crippen LogP contribution in [0.5, 0.6) is 0 Å². The lowest BCUT2D eigenvalue weighted by atomic mass is 9.78. The topological polar surface area (TPSA) is 215 Å². The van der Waals surface area contributed by atoms with E-state index in [1.54, 1.807) is 33.1 Å². The summed E-state index contributed by atoms with van der Waals surface area (Å²) in [6, 6.07) is -1.83. The van der Waals surface area contributed by atoms with Crippen molar-refractivity contribution in [2.45, 2.75) is 211 Å². The maximum Gasteiger partial charge on any atom is 0.329 e. The third-order valence-electron chi connectivity index (χ3n) is 16.1. The van der Waals surface area contributed by atoms with Crippen molar-refractivity contribution < 1.29 is 61.9 Å². The molecule has 15 atom stereocenters. The third kappa shape index (κ3) is 15.0. The van der Waals surface area contributed by atoms with Crippen LogP contribution >= 0.6 is 0 Å². The van der Waals surface area contributed by atoms with E-state index in [9.17, 15) is 42.9 Å². The van der Waals surface area contributed by atoms with Gasteiger partial charge in [0.25, 0.3) is 11.7 Å². The van der Waals surface area contributed by atoms with Crippen molar-refractivity contribution in [1.29, 1.82) is 0 Å². The van der Waals surface area contributed by atoms with Crippen molar-refractivity contribution in [2.24, 2.45) is 35.5 Å². The Hall–Kier alpha value is -3.09. The van der Waals surface area contributed by atoms with Gasteiger partial charge < -0.3 is 39.2 Å². The molecule has 5 rings (SSSR count). The molecule has 3 heterocycles. The Morgan fingerprint density at radius 1 is 0.829 bits per heavy atom. The number of hydrogen-bond donors (Lipinski definition) is 4. The van der Waals surface area contributed by atoms with Gasteiger partial charge in [-0.25, -0.2) is 17.9 Å². The summed E-state index contributed by atoms with van der Waals surface area (Å²) < 4.78 is 53.9. The van der Waals surface area contributed by atoms with Crippen molar-refractivity contribution in [3.8, 4) is 0 Å². The van der Waals surface area contributed by atoms with E-state index < -0.39 is 93.2 Å². The molecular weight excluding hydrogens is 917 g/mol. The molecule has 2 bridgehead atoms. The highest BCUT2D eigenvalue weighted by Crippen LogP contribution is 2.38. The molecule has 0 aromatic heterocycles. The molecule has 70 heavy (non-hydrogen) atoms. The van der Waals surface area contributed by atoms with Crippen LogP contribution in [0.25, 0.3) is 0 Å². The number of aliphatic hydroxyl groups excluding tert-OH is 2. The number of cyclic esters (lactones) is 1. The van der Waals surface area contributed by atoms with Crippen LogP contribution in [-0.2, 0) is 48.1 Å². The van der Waals surface area contributed by atoms with E-state index in [1.165, 1.54) is 12.0 Å². The first-order valence-corrected chi connectivity index (χ1v) is 27.8. The summed E-state index contributed by atoms with van der Waals surface area (Å²) in [4.78, 5) is 58.3. The van der Waals surface area contributed by atoms with Crippen LogP contribution in [0.2, 0.25) is 0 Å². The summed E-state index contributed by atoms with van der Waals surface area (Å²) >= 11 is 0. The number of hydrogen-bond acceptors (Lipinski definition) is 13. The van der Waals surface area contributed by atoms with E-state index in [2.05, 4.69) is 4.72 Å². The zero-order valence-corrected chi connectivity index (χ0v) is 44.2. The Balaban J connectivity index is 1.48. The Kier molecular flexibility index (Phi) is 21.7. The predicted octanol–water partition coefficient (Wildman–Crippen LogP) is 6.83. The van der Waals surface area contributed by atoms with Gasteiger partial charge in [0.05, 0.1) is 23.6 Å². The lowest BCUT2D eigenvalue weighted by molar-refractivity contribution is -0.264. The van der Waals surface area contributed by atoms with Crippen LogP contribution in [0, 0.1) is 35.5 Å². The molecule has 0 aromatic carbocycles. The van der Waals surface area contributed by atoms with Crippen molar-refractivity contribution in [1.82, 2.24) is 9.62 Å². The molecule has 2 saturated carbocycles. The second-order valence-corrected chi connectivity index (χ2v) is 23.7. The van der Waals surface area contributed by atoms with Crippen LogP contribution in [0.3, 0.4) is 0 Å². The molecule has 3 aliphatic heterocycles. The molecular formula is C54H86N2O13S. The number of nitrogens with one attached hydrogen (secondary N) is 1. The van der Waals surface area contributed by atoms with Gasteiger partial charge in [0, 0.05) is 38.6 Å². The molecule has 0 radical (unpaired) electrons. The number of carbonyl (C=O) groups is 4. The van der Waals surface area contributed by atoms with Crippen molar-refractivity contribution >= 4 is 33.5 Å². The summed E-state index contributed by atoms with van der Waals surface area (Å²) in [6.45, 7) is 13.2. The number of ketones is 2. The summed E-state index contributed by atoms with van der Waals surface area (Å²) in [5, 5.41) is 33.7. The lowest BCUT2D eigenvalue weighted by Crippen LogP contribution is -2.61. The standard InChI is InChI=1S/C54H86N2O13S/c1-33-16-11-10-12-17-35(3)43(55-70(64,65)42-18-15-19-42)32-41-24-22-39(7)54(63,69-41)51(60)52(61)56-27-14-13-20-44(56)53(62)68-46(36(4)30-40-23-25-45(57)47(31-40)66-8)26-21-34(2)29-38(6)49(59)50(67-9)48(58)37(5)28-33/h10-12,16-17,29,33-34,36-37,39-47,49-50,55,57,59,63H,13-15,18-28,30-32H2,1-9H3/b12-10+,16-11+,35-17+,38-29+/t33-,34+,36-,37-,39-,40+,41+,43-,44+,45-,46+,47-,49-,50+,54-/m1/s1. The third-order valence-corrected chi connectivity index (χ3v) is 18.0. The van der Waals surface area contributed by atoms with Gasteiger partial charge in [-0.1, -0.05) is 83.1 Å². The first-order chi connectivity index (χ1) is 33.1. The summed E-state index contributed by atoms with van der Waals surface area (Å²) in [7, 11) is -0.698. The van der Waals surface area contributed by atoms with Gasteiger partial charge in [0.15, 0.2) is 5.78 Å². The maximum atomic E-state index is 14.5. The molecule has 2 saturated heterocycles. The number of carbonyl (C=O) groups excluding carboxylic acids is 4. The molecule has 1 amide bonds. The van der Waals surface area contributed by atoms with Gasteiger partial charge >= 0.3 is 5.97 Å². The monoisotopic (exact) mass is 1000 g/mol. The number of methoxy groups -OCH3 is 2. The van der Waals surface area contributed by atoms with E-state index in [0.29, 0.717) is 88.2 Å². The zero-order chi connectivity index (χ0) is 51.5. The number of aliphatic hydroxyl groups is 3. The van der Waals surface area contributed by atoms with E-state index in [4.69, 9.17) is 18.9 Å². The molecule has 15 nitrogen and oxygen atoms in total. The first-order valence-electron chi connectivity index (χ1n) is 26.2. The molecule has 0 spiro atoms. The first kappa shape index (κ1) is 57.8. The summed E-state index contributed by atoms with van der Waals surface area (Å²) in [6.07, 6.45) is 15.1. The van der Waals surface area contributed by atoms with Crippen LogP contribution in [0.4, 0.5) is 0 Å². The van der Waals surface area contributed by atoms with Gasteiger partial charge in [-0.15, -0.1) is 0 Å². The fourth-order valence-electron chi connectivity index (χ4n) is 11.2. The van der Waals surface area contributed by atoms with Crippen molar-refractivity contribution in [3.63, 3.8) is 0 Å². The number of amides is 1. The number of esters is 1. The van der Waals surface area contributed by atoms with Crippen molar-refractivity contribution in [2.75, 3.05) is 20.8 Å². The SMILES string of the molecule is CO[C@@H]1C[C@H](C[C@@H](C)[C@@H]2CC[C@H](C)/C=C(\C)[C@@H](O)[C@@H](OC)C(=O)[C@H](C)C[C@H](C)/C=C/C=C/C=C(\C)[C@H](NS(=O)(=O)C3CCC3)C[C@@H]3CC[C@@H](C)[C@@](O)(O3)C(=O)C(=O)N3CCCC[C@H]3C(=O)O2)CC[C@H]1O. The Morgan fingerprint density at radius 3 is 2.23 bits per heavy atom. The highest BCUT2D eigenvalue weighted by atomic mass is 32.2. The van der Waals surface area contributed by atoms with Gasteiger partial charge in [0.2, 0.25) is 15.8 Å². The number of Topliss-reactive ketones (excluding diaryl/α,β-unsaturated/α-hetero) is 2. The fourth-order valence-corrected chi connectivity index (χ4v) is 13.0. The Morgan fingerprint density at radius 2 is 1.56 bits per heavy atom.